The Kier molecular flexibility index (Phi) is 4.41. The Labute approximate surface area is 106 Å². The van der Waals surface area contributed by atoms with Gasteiger partial charge in [0.25, 0.3) is 0 Å². The van der Waals surface area contributed by atoms with Gasteiger partial charge in [0.15, 0.2) is 0 Å². The SMILES string of the molecule is CCCc1nsc(NC2CCCCC2Cl)n1. The number of alkyl halides is 1. The maximum absolute atomic E-state index is 6.29. The summed E-state index contributed by atoms with van der Waals surface area (Å²) in [5.41, 5.74) is 0. The van der Waals surface area contributed by atoms with Gasteiger partial charge in [-0.15, -0.1) is 11.6 Å². The molecule has 0 radical (unpaired) electrons. The highest BCUT2D eigenvalue weighted by atomic mass is 35.5. The largest absolute Gasteiger partial charge is 0.356 e. The van der Waals surface area contributed by atoms with Gasteiger partial charge in [0, 0.05) is 24.0 Å². The fraction of sp³-hybridized carbons (Fsp3) is 0.818. The van der Waals surface area contributed by atoms with Crippen LogP contribution in [-0.2, 0) is 6.42 Å². The highest BCUT2D eigenvalue weighted by Gasteiger charge is 2.23. The second-order valence-corrected chi connectivity index (χ2v) is 5.63. The molecule has 0 aliphatic heterocycles. The minimum Gasteiger partial charge on any atom is -0.356 e. The summed E-state index contributed by atoms with van der Waals surface area (Å²) in [5, 5.41) is 4.60. The molecule has 1 aromatic heterocycles. The molecule has 0 bridgehead atoms. The molecule has 1 aliphatic carbocycles. The molecule has 0 saturated heterocycles. The summed E-state index contributed by atoms with van der Waals surface area (Å²) in [7, 11) is 0. The number of aromatic nitrogens is 2. The summed E-state index contributed by atoms with van der Waals surface area (Å²) < 4.78 is 4.32. The van der Waals surface area contributed by atoms with E-state index in [1.54, 1.807) is 0 Å². The Bertz CT molecular complexity index is 329. The van der Waals surface area contributed by atoms with E-state index < -0.39 is 0 Å². The van der Waals surface area contributed by atoms with E-state index in [-0.39, 0.29) is 5.38 Å². The van der Waals surface area contributed by atoms with E-state index in [4.69, 9.17) is 11.6 Å². The van der Waals surface area contributed by atoms with Crippen molar-refractivity contribution in [2.24, 2.45) is 0 Å². The van der Waals surface area contributed by atoms with Gasteiger partial charge in [0.05, 0.1) is 5.38 Å². The smallest absolute Gasteiger partial charge is 0.202 e. The summed E-state index contributed by atoms with van der Waals surface area (Å²) in [6.07, 6.45) is 6.84. The van der Waals surface area contributed by atoms with Crippen LogP contribution in [0.2, 0.25) is 0 Å². The number of aryl methyl sites for hydroxylation is 1. The predicted octanol–water partition coefficient (Wildman–Crippen LogP) is 3.45. The molecule has 0 amide bonds. The Morgan fingerprint density at radius 1 is 1.44 bits per heavy atom. The first kappa shape index (κ1) is 12.1. The summed E-state index contributed by atoms with van der Waals surface area (Å²) in [6, 6.07) is 0.373. The normalized spacial score (nSPS) is 25.6. The van der Waals surface area contributed by atoms with Crippen molar-refractivity contribution in [3.8, 4) is 0 Å². The lowest BCUT2D eigenvalue weighted by atomic mass is 9.95. The summed E-state index contributed by atoms with van der Waals surface area (Å²) in [6.45, 7) is 2.14. The monoisotopic (exact) mass is 259 g/mol. The van der Waals surface area contributed by atoms with Gasteiger partial charge in [-0.1, -0.05) is 19.8 Å². The topological polar surface area (TPSA) is 37.8 Å². The number of anilines is 1. The van der Waals surface area contributed by atoms with Gasteiger partial charge < -0.3 is 5.32 Å². The zero-order chi connectivity index (χ0) is 11.4. The first-order valence-corrected chi connectivity index (χ1v) is 7.23. The number of rotatable bonds is 4. The zero-order valence-electron chi connectivity index (χ0n) is 9.58. The zero-order valence-corrected chi connectivity index (χ0v) is 11.2. The van der Waals surface area contributed by atoms with Gasteiger partial charge in [-0.05, 0) is 19.3 Å². The van der Waals surface area contributed by atoms with Crippen LogP contribution in [0, 0.1) is 0 Å². The molecule has 1 aliphatic rings. The third-order valence-corrected chi connectivity index (χ3v) is 4.14. The Morgan fingerprint density at radius 2 is 2.25 bits per heavy atom. The van der Waals surface area contributed by atoms with Crippen LogP contribution >= 0.6 is 23.1 Å². The third kappa shape index (κ3) is 3.08. The average Bonchev–Trinajstić information content (AvgIpc) is 2.70. The van der Waals surface area contributed by atoms with E-state index in [2.05, 4.69) is 21.6 Å². The van der Waals surface area contributed by atoms with Crippen LogP contribution in [0.15, 0.2) is 0 Å². The molecule has 90 valence electrons. The van der Waals surface area contributed by atoms with Crippen molar-refractivity contribution in [2.75, 3.05) is 5.32 Å². The van der Waals surface area contributed by atoms with Crippen LogP contribution in [0.3, 0.4) is 0 Å². The Balaban J connectivity index is 1.91. The van der Waals surface area contributed by atoms with Gasteiger partial charge in [-0.25, -0.2) is 4.98 Å². The maximum atomic E-state index is 6.29. The van der Waals surface area contributed by atoms with Crippen molar-refractivity contribution in [2.45, 2.75) is 56.9 Å². The second-order valence-electron chi connectivity index (χ2n) is 4.32. The molecule has 1 fully saturated rings. The van der Waals surface area contributed by atoms with Gasteiger partial charge in [-0.2, -0.15) is 4.37 Å². The third-order valence-electron chi connectivity index (χ3n) is 2.93. The van der Waals surface area contributed by atoms with Crippen LogP contribution in [0.5, 0.6) is 0 Å². The van der Waals surface area contributed by atoms with E-state index in [0.29, 0.717) is 6.04 Å². The molecule has 1 aromatic rings. The van der Waals surface area contributed by atoms with Crippen molar-refractivity contribution in [1.82, 2.24) is 9.36 Å². The van der Waals surface area contributed by atoms with Crippen LogP contribution in [-0.4, -0.2) is 20.8 Å². The van der Waals surface area contributed by atoms with Crippen LogP contribution in [0.1, 0.15) is 44.9 Å². The quantitative estimate of drug-likeness (QED) is 0.842. The van der Waals surface area contributed by atoms with Crippen molar-refractivity contribution >= 4 is 28.3 Å². The molecule has 5 heteroatoms. The van der Waals surface area contributed by atoms with Crippen LogP contribution in [0.25, 0.3) is 0 Å². The molecule has 3 nitrogen and oxygen atoms in total. The van der Waals surface area contributed by atoms with Gasteiger partial charge in [0.2, 0.25) is 5.13 Å². The van der Waals surface area contributed by atoms with E-state index >= 15 is 0 Å². The molecule has 2 rings (SSSR count). The van der Waals surface area contributed by atoms with Crippen molar-refractivity contribution < 1.29 is 0 Å². The lowest BCUT2D eigenvalue weighted by Crippen LogP contribution is -2.32. The minimum absolute atomic E-state index is 0.243. The minimum atomic E-state index is 0.243. The van der Waals surface area contributed by atoms with Crippen molar-refractivity contribution in [1.29, 1.82) is 0 Å². The second kappa shape index (κ2) is 5.82. The van der Waals surface area contributed by atoms with Crippen molar-refractivity contribution in [3.63, 3.8) is 0 Å². The predicted molar refractivity (Wildman–Crippen MR) is 69.4 cm³/mol. The molecule has 2 atom stereocenters. The fourth-order valence-electron chi connectivity index (χ4n) is 2.04. The molecule has 1 heterocycles. The highest BCUT2D eigenvalue weighted by Crippen LogP contribution is 2.26. The maximum Gasteiger partial charge on any atom is 0.202 e. The number of nitrogens with zero attached hydrogens (tertiary/aromatic N) is 2. The Morgan fingerprint density at radius 3 is 3.00 bits per heavy atom. The van der Waals surface area contributed by atoms with Crippen LogP contribution in [0.4, 0.5) is 5.13 Å². The summed E-state index contributed by atoms with van der Waals surface area (Å²) in [4.78, 5) is 4.47. The number of hydrogen-bond acceptors (Lipinski definition) is 4. The molecule has 1 saturated carbocycles. The lowest BCUT2D eigenvalue weighted by Gasteiger charge is -2.27. The van der Waals surface area contributed by atoms with E-state index in [1.165, 1.54) is 24.4 Å². The standard InChI is InChI=1S/C11H18ClN3S/c1-2-5-10-14-11(16-15-10)13-9-7-4-3-6-8(9)12/h8-9H,2-7H2,1H3,(H,13,14,15). The van der Waals surface area contributed by atoms with E-state index in [1.807, 2.05) is 0 Å². The molecular weight excluding hydrogens is 242 g/mol. The van der Waals surface area contributed by atoms with Gasteiger partial charge in [0.1, 0.15) is 5.82 Å². The Hall–Kier alpha value is -0.350. The van der Waals surface area contributed by atoms with Gasteiger partial charge in [-0.3, -0.25) is 0 Å². The highest BCUT2D eigenvalue weighted by molar-refractivity contribution is 7.09. The fourth-order valence-corrected chi connectivity index (χ4v) is 3.06. The molecule has 0 spiro atoms. The summed E-state index contributed by atoms with van der Waals surface area (Å²) >= 11 is 7.75. The molecule has 1 N–H and O–H groups in total. The van der Waals surface area contributed by atoms with Gasteiger partial charge >= 0.3 is 0 Å². The molecule has 16 heavy (non-hydrogen) atoms. The van der Waals surface area contributed by atoms with E-state index in [9.17, 15) is 0 Å². The lowest BCUT2D eigenvalue weighted by molar-refractivity contribution is 0.469. The van der Waals surface area contributed by atoms with Crippen LogP contribution < -0.4 is 5.32 Å². The number of halogens is 1. The molecule has 0 aromatic carbocycles. The first-order chi connectivity index (χ1) is 7.79. The molecular formula is C11H18ClN3S. The average molecular weight is 260 g/mol. The first-order valence-electron chi connectivity index (χ1n) is 6.02. The molecule has 2 unspecified atom stereocenters. The van der Waals surface area contributed by atoms with Crippen molar-refractivity contribution in [3.05, 3.63) is 5.82 Å². The number of hydrogen-bond donors (Lipinski definition) is 1. The number of nitrogens with one attached hydrogen (secondary N) is 1. The van der Waals surface area contributed by atoms with E-state index in [0.717, 1.165) is 36.6 Å². The summed E-state index contributed by atoms with van der Waals surface area (Å²) in [5.74, 6) is 0.955.